The summed E-state index contributed by atoms with van der Waals surface area (Å²) in [7, 11) is 0. The van der Waals surface area contributed by atoms with Crippen molar-refractivity contribution < 1.29 is 14.1 Å². The number of carbonyl (C=O) groups excluding carboxylic acids is 1. The van der Waals surface area contributed by atoms with Gasteiger partial charge in [0.2, 0.25) is 0 Å². The summed E-state index contributed by atoms with van der Waals surface area (Å²) in [6.45, 7) is 8.91. The molecule has 0 fully saturated rings. The summed E-state index contributed by atoms with van der Waals surface area (Å²) in [6.07, 6.45) is 0.943. The molecule has 0 aliphatic carbocycles. The highest BCUT2D eigenvalue weighted by molar-refractivity contribution is 7.10. The normalized spacial score (nSPS) is 20.6. The monoisotopic (exact) mass is 334 g/mol. The summed E-state index contributed by atoms with van der Waals surface area (Å²) in [5.41, 5.74) is 1.87. The molecule has 1 atom stereocenters. The van der Waals surface area contributed by atoms with Crippen LogP contribution in [0.2, 0.25) is 0 Å². The Morgan fingerprint density at radius 2 is 2.30 bits per heavy atom. The zero-order valence-corrected chi connectivity index (χ0v) is 14.8. The number of rotatable bonds is 4. The van der Waals surface area contributed by atoms with Gasteiger partial charge in [-0.25, -0.2) is 0 Å². The molecule has 124 valence electrons. The quantitative estimate of drug-likeness (QED) is 0.931. The molecule has 0 radical (unpaired) electrons. The molecule has 6 heteroatoms. The van der Waals surface area contributed by atoms with E-state index >= 15 is 0 Å². The highest BCUT2D eigenvalue weighted by Crippen LogP contribution is 2.35. The first-order valence-electron chi connectivity index (χ1n) is 7.87. The van der Waals surface area contributed by atoms with E-state index in [9.17, 15) is 4.79 Å². The van der Waals surface area contributed by atoms with Gasteiger partial charge in [0, 0.05) is 17.2 Å². The summed E-state index contributed by atoms with van der Waals surface area (Å²) >= 11 is 1.75. The molecule has 3 heterocycles. The molecule has 1 unspecified atom stereocenters. The number of amides is 1. The van der Waals surface area contributed by atoms with Crippen LogP contribution in [0.4, 0.5) is 0 Å². The Kier molecular flexibility index (Phi) is 4.29. The van der Waals surface area contributed by atoms with Gasteiger partial charge in [0.25, 0.3) is 5.91 Å². The van der Waals surface area contributed by atoms with E-state index in [1.54, 1.807) is 18.3 Å². The largest absolute Gasteiger partial charge is 0.368 e. The smallest absolute Gasteiger partial charge is 0.256 e. The van der Waals surface area contributed by atoms with E-state index in [1.807, 2.05) is 20.8 Å². The Balaban J connectivity index is 1.77. The van der Waals surface area contributed by atoms with Crippen molar-refractivity contribution in [3.8, 4) is 0 Å². The number of hydrogen-bond donors (Lipinski definition) is 1. The third kappa shape index (κ3) is 2.93. The molecule has 2 aromatic rings. The number of ether oxygens (including phenoxy) is 1. The fourth-order valence-corrected chi connectivity index (χ4v) is 3.97. The SMILES string of the molecule is Cc1noc(C(C)C)c1C(=O)NCC1(C)OCCc2sccc21. The van der Waals surface area contributed by atoms with Crippen LogP contribution >= 0.6 is 11.3 Å². The van der Waals surface area contributed by atoms with E-state index in [4.69, 9.17) is 9.26 Å². The number of aromatic nitrogens is 1. The minimum Gasteiger partial charge on any atom is -0.368 e. The minimum absolute atomic E-state index is 0.113. The molecule has 23 heavy (non-hydrogen) atoms. The van der Waals surface area contributed by atoms with E-state index in [0.29, 0.717) is 30.2 Å². The van der Waals surface area contributed by atoms with Crippen LogP contribution in [0.3, 0.4) is 0 Å². The second-order valence-corrected chi connectivity index (χ2v) is 7.43. The number of aryl methyl sites for hydroxylation is 1. The maximum absolute atomic E-state index is 12.6. The fourth-order valence-electron chi connectivity index (χ4n) is 2.99. The maximum atomic E-state index is 12.6. The molecule has 0 bridgehead atoms. The maximum Gasteiger partial charge on any atom is 0.256 e. The lowest BCUT2D eigenvalue weighted by molar-refractivity contribution is -0.0426. The Hall–Kier alpha value is -1.66. The van der Waals surface area contributed by atoms with Crippen molar-refractivity contribution >= 4 is 17.2 Å². The lowest BCUT2D eigenvalue weighted by Gasteiger charge is -2.34. The van der Waals surface area contributed by atoms with Crippen LogP contribution in [-0.4, -0.2) is 24.2 Å². The zero-order chi connectivity index (χ0) is 16.6. The molecule has 0 aromatic carbocycles. The van der Waals surface area contributed by atoms with Gasteiger partial charge in [-0.15, -0.1) is 11.3 Å². The number of fused-ring (bicyclic) bond motifs is 1. The zero-order valence-electron chi connectivity index (χ0n) is 13.9. The number of nitrogens with one attached hydrogen (secondary N) is 1. The van der Waals surface area contributed by atoms with Crippen molar-refractivity contribution in [2.24, 2.45) is 0 Å². The van der Waals surface area contributed by atoms with Crippen LogP contribution < -0.4 is 5.32 Å². The van der Waals surface area contributed by atoms with Crippen LogP contribution in [0.5, 0.6) is 0 Å². The lowest BCUT2D eigenvalue weighted by Crippen LogP contribution is -2.43. The van der Waals surface area contributed by atoms with Crippen LogP contribution in [0.25, 0.3) is 0 Å². The number of nitrogens with zero attached hydrogens (tertiary/aromatic N) is 1. The molecule has 1 N–H and O–H groups in total. The van der Waals surface area contributed by atoms with Gasteiger partial charge < -0.3 is 14.6 Å². The third-order valence-electron chi connectivity index (χ3n) is 4.29. The first kappa shape index (κ1) is 16.2. The highest BCUT2D eigenvalue weighted by atomic mass is 32.1. The predicted octanol–water partition coefficient (Wildman–Crippen LogP) is 3.39. The van der Waals surface area contributed by atoms with Crippen LogP contribution in [0.15, 0.2) is 16.0 Å². The Morgan fingerprint density at radius 3 is 3.04 bits per heavy atom. The van der Waals surface area contributed by atoms with E-state index < -0.39 is 5.60 Å². The van der Waals surface area contributed by atoms with Gasteiger partial charge in [-0.2, -0.15) is 0 Å². The van der Waals surface area contributed by atoms with E-state index in [2.05, 4.69) is 21.9 Å². The molecular weight excluding hydrogens is 312 g/mol. The van der Waals surface area contributed by atoms with Crippen molar-refractivity contribution in [1.82, 2.24) is 10.5 Å². The highest BCUT2D eigenvalue weighted by Gasteiger charge is 2.35. The summed E-state index contributed by atoms with van der Waals surface area (Å²) in [5.74, 6) is 0.590. The predicted molar refractivity (Wildman–Crippen MR) is 89.0 cm³/mol. The van der Waals surface area contributed by atoms with E-state index in [1.165, 1.54) is 10.4 Å². The first-order valence-corrected chi connectivity index (χ1v) is 8.75. The minimum atomic E-state index is -0.480. The Bertz CT molecular complexity index is 719. The Morgan fingerprint density at radius 1 is 1.52 bits per heavy atom. The van der Waals surface area contributed by atoms with E-state index in [0.717, 1.165) is 6.42 Å². The summed E-state index contributed by atoms with van der Waals surface area (Å²) in [6, 6.07) is 2.09. The molecule has 1 aliphatic heterocycles. The topological polar surface area (TPSA) is 64.4 Å². The van der Waals surface area contributed by atoms with Crippen LogP contribution in [0.1, 0.15) is 58.9 Å². The standard InChI is InChI=1S/C17H22N2O3S/c1-10(2)15-14(11(3)19-22-15)16(20)18-9-17(4)12-6-8-23-13(12)5-7-21-17/h6,8,10H,5,7,9H2,1-4H3,(H,18,20). The van der Waals surface area contributed by atoms with Crippen molar-refractivity contribution in [1.29, 1.82) is 0 Å². The Labute approximate surface area is 140 Å². The molecule has 2 aromatic heterocycles. The molecule has 0 saturated heterocycles. The van der Waals surface area contributed by atoms with Gasteiger partial charge in [0.05, 0.1) is 18.8 Å². The molecule has 0 saturated carbocycles. The van der Waals surface area contributed by atoms with Crippen LogP contribution in [-0.2, 0) is 16.8 Å². The molecular formula is C17H22N2O3S. The van der Waals surface area contributed by atoms with Crippen molar-refractivity contribution in [2.45, 2.75) is 45.6 Å². The first-order chi connectivity index (χ1) is 10.9. The van der Waals surface area contributed by atoms with Crippen molar-refractivity contribution in [3.05, 3.63) is 38.9 Å². The lowest BCUT2D eigenvalue weighted by atomic mass is 9.93. The van der Waals surface area contributed by atoms with Gasteiger partial charge in [-0.1, -0.05) is 19.0 Å². The van der Waals surface area contributed by atoms with Crippen molar-refractivity contribution in [3.63, 3.8) is 0 Å². The third-order valence-corrected chi connectivity index (χ3v) is 5.27. The van der Waals surface area contributed by atoms with Gasteiger partial charge in [-0.05, 0) is 30.9 Å². The summed E-state index contributed by atoms with van der Waals surface area (Å²) < 4.78 is 11.3. The average Bonchev–Trinajstić information content (AvgIpc) is 3.12. The number of carbonyl (C=O) groups is 1. The van der Waals surface area contributed by atoms with Gasteiger partial charge in [0.1, 0.15) is 11.2 Å². The van der Waals surface area contributed by atoms with Crippen LogP contribution in [0, 0.1) is 6.92 Å². The molecule has 5 nitrogen and oxygen atoms in total. The van der Waals surface area contributed by atoms with Gasteiger partial charge in [0.15, 0.2) is 5.76 Å². The van der Waals surface area contributed by atoms with Crippen molar-refractivity contribution in [2.75, 3.05) is 13.2 Å². The summed E-state index contributed by atoms with van der Waals surface area (Å²) in [5, 5.41) is 9.02. The number of hydrogen-bond acceptors (Lipinski definition) is 5. The fraction of sp³-hybridized carbons (Fsp3) is 0.529. The molecule has 1 amide bonds. The van der Waals surface area contributed by atoms with Gasteiger partial charge in [-0.3, -0.25) is 4.79 Å². The second kappa shape index (κ2) is 6.09. The average molecular weight is 334 g/mol. The molecule has 3 rings (SSSR count). The number of thiophene rings is 1. The second-order valence-electron chi connectivity index (χ2n) is 6.43. The molecule has 1 aliphatic rings. The summed E-state index contributed by atoms with van der Waals surface area (Å²) in [4.78, 5) is 14.0. The van der Waals surface area contributed by atoms with E-state index in [-0.39, 0.29) is 11.8 Å². The van der Waals surface area contributed by atoms with Gasteiger partial charge >= 0.3 is 0 Å². The molecule has 0 spiro atoms.